The molecule has 1 amide bonds. The van der Waals surface area contributed by atoms with E-state index >= 15 is 0 Å². The van der Waals surface area contributed by atoms with Crippen molar-refractivity contribution in [3.05, 3.63) is 32.9 Å². The van der Waals surface area contributed by atoms with Gasteiger partial charge in [-0.15, -0.1) is 0 Å². The second kappa shape index (κ2) is 6.82. The Morgan fingerprint density at radius 2 is 2.08 bits per heavy atom. The number of hydrogen-bond acceptors (Lipinski definition) is 2. The molecule has 1 aliphatic heterocycles. The maximum atomic E-state index is 11.9. The number of aliphatic hydroxyl groups is 1. The lowest BCUT2D eigenvalue weighted by Crippen LogP contribution is -2.37. The predicted molar refractivity (Wildman–Crippen MR) is 100 cm³/mol. The van der Waals surface area contributed by atoms with E-state index in [0.717, 1.165) is 35.0 Å². The summed E-state index contributed by atoms with van der Waals surface area (Å²) < 4.78 is 0. The third-order valence-corrected chi connectivity index (χ3v) is 6.48. The van der Waals surface area contributed by atoms with Gasteiger partial charge in [-0.05, 0) is 24.0 Å². The topological polar surface area (TPSA) is 56.3 Å². The minimum absolute atomic E-state index is 0.225. The van der Waals surface area contributed by atoms with Gasteiger partial charge >= 0.3 is 0 Å². The summed E-state index contributed by atoms with van der Waals surface area (Å²) in [4.78, 5) is 17.1. The molecule has 2 aliphatic rings. The van der Waals surface area contributed by atoms with Crippen molar-refractivity contribution >= 4 is 40.0 Å². The van der Waals surface area contributed by atoms with Gasteiger partial charge in [-0.25, -0.2) is 0 Å². The molecule has 6 heteroatoms. The zero-order valence-corrected chi connectivity index (χ0v) is 15.6. The first kappa shape index (κ1) is 17.2. The van der Waals surface area contributed by atoms with Crippen LogP contribution in [0.4, 0.5) is 0 Å². The highest BCUT2D eigenvalue weighted by molar-refractivity contribution is 6.45. The molecule has 0 atom stereocenters. The normalized spacial score (nSPS) is 18.1. The Balaban J connectivity index is 1.80. The molecule has 2 heterocycles. The van der Waals surface area contributed by atoms with Gasteiger partial charge in [0.1, 0.15) is 6.61 Å². The Morgan fingerprint density at radius 3 is 2.80 bits per heavy atom. The Morgan fingerprint density at radius 1 is 1.32 bits per heavy atom. The number of H-pyrrole nitrogens is 1. The Bertz CT molecular complexity index is 825. The Hall–Kier alpha value is -1.23. The number of aromatic amines is 1. The maximum Gasteiger partial charge on any atom is 0.248 e. The number of halogens is 2. The van der Waals surface area contributed by atoms with E-state index in [-0.39, 0.29) is 5.91 Å². The van der Waals surface area contributed by atoms with Crippen LogP contribution in [-0.2, 0) is 24.2 Å². The standard InChI is InChI=1S/C19H22Cl2N2O2/c20-14-8-12(7-11-3-1-2-4-11)17-13-9-23(16(25)10-24)6-5-15(13)22-19(17)18(14)21/h8,11,22,24H,1-7,9-10H2. The first-order valence-electron chi connectivity index (χ1n) is 8.97. The molecule has 2 aromatic rings. The van der Waals surface area contributed by atoms with Crippen molar-refractivity contribution in [2.75, 3.05) is 13.2 Å². The summed E-state index contributed by atoms with van der Waals surface area (Å²) in [6, 6.07) is 2.01. The number of benzene rings is 1. The van der Waals surface area contributed by atoms with Gasteiger partial charge in [0.25, 0.3) is 0 Å². The molecule has 0 bridgehead atoms. The van der Waals surface area contributed by atoms with Gasteiger partial charge < -0.3 is 15.0 Å². The van der Waals surface area contributed by atoms with Crippen LogP contribution in [0.2, 0.25) is 10.0 Å². The number of amides is 1. The zero-order chi connectivity index (χ0) is 17.6. The highest BCUT2D eigenvalue weighted by Gasteiger charge is 2.27. The Labute approximate surface area is 157 Å². The maximum absolute atomic E-state index is 11.9. The molecule has 25 heavy (non-hydrogen) atoms. The van der Waals surface area contributed by atoms with Crippen LogP contribution in [0.3, 0.4) is 0 Å². The molecule has 0 spiro atoms. The van der Waals surface area contributed by atoms with Crippen LogP contribution in [0.5, 0.6) is 0 Å². The first-order valence-corrected chi connectivity index (χ1v) is 9.73. The summed E-state index contributed by atoms with van der Waals surface area (Å²) in [7, 11) is 0. The highest BCUT2D eigenvalue weighted by Crippen LogP contribution is 2.40. The average Bonchev–Trinajstić information content (AvgIpc) is 3.25. The predicted octanol–water partition coefficient (Wildman–Crippen LogP) is 4.08. The molecule has 0 unspecified atom stereocenters. The first-order chi connectivity index (χ1) is 12.1. The van der Waals surface area contributed by atoms with Gasteiger partial charge in [-0.1, -0.05) is 48.9 Å². The van der Waals surface area contributed by atoms with E-state index in [1.54, 1.807) is 4.90 Å². The van der Waals surface area contributed by atoms with E-state index in [4.69, 9.17) is 23.2 Å². The lowest BCUT2D eigenvalue weighted by molar-refractivity contribution is -0.135. The van der Waals surface area contributed by atoms with Crippen molar-refractivity contribution in [1.29, 1.82) is 0 Å². The van der Waals surface area contributed by atoms with E-state index in [0.29, 0.717) is 29.1 Å². The molecule has 134 valence electrons. The SMILES string of the molecule is O=C(CO)N1CCc2[nH]c3c(Cl)c(Cl)cc(CC4CCCC4)c3c2C1. The van der Waals surface area contributed by atoms with Crippen molar-refractivity contribution in [1.82, 2.24) is 9.88 Å². The number of nitrogens with zero attached hydrogens (tertiary/aromatic N) is 1. The van der Waals surface area contributed by atoms with Gasteiger partial charge in [-0.3, -0.25) is 4.79 Å². The van der Waals surface area contributed by atoms with Crippen molar-refractivity contribution in [3.63, 3.8) is 0 Å². The van der Waals surface area contributed by atoms with Crippen LogP contribution in [0, 0.1) is 5.92 Å². The van der Waals surface area contributed by atoms with Gasteiger partial charge in [0, 0.05) is 36.2 Å². The lowest BCUT2D eigenvalue weighted by Gasteiger charge is -2.27. The summed E-state index contributed by atoms with van der Waals surface area (Å²) in [5.41, 5.74) is 4.39. The van der Waals surface area contributed by atoms with Gasteiger partial charge in [0.15, 0.2) is 0 Å². The molecule has 4 rings (SSSR count). The van der Waals surface area contributed by atoms with Crippen molar-refractivity contribution in [2.45, 2.75) is 45.1 Å². The molecule has 0 radical (unpaired) electrons. The van der Waals surface area contributed by atoms with E-state index in [1.807, 2.05) is 6.07 Å². The van der Waals surface area contributed by atoms with Gasteiger partial charge in [0.2, 0.25) is 5.91 Å². The van der Waals surface area contributed by atoms with Gasteiger partial charge in [0.05, 0.1) is 15.6 Å². The second-order valence-electron chi connectivity index (χ2n) is 7.24. The number of rotatable bonds is 3. The number of carbonyl (C=O) groups excluding carboxylic acids is 1. The molecular formula is C19H22Cl2N2O2. The lowest BCUT2D eigenvalue weighted by atomic mass is 9.93. The number of nitrogens with one attached hydrogen (secondary N) is 1. The molecule has 1 aromatic heterocycles. The summed E-state index contributed by atoms with van der Waals surface area (Å²) >= 11 is 12.9. The summed E-state index contributed by atoms with van der Waals surface area (Å²) in [5.74, 6) is 0.474. The molecule has 1 aromatic carbocycles. The smallest absolute Gasteiger partial charge is 0.248 e. The third-order valence-electron chi connectivity index (χ3n) is 5.70. The highest BCUT2D eigenvalue weighted by atomic mass is 35.5. The molecule has 1 saturated carbocycles. The minimum atomic E-state index is -0.445. The van der Waals surface area contributed by atoms with Crippen molar-refractivity contribution < 1.29 is 9.90 Å². The molecular weight excluding hydrogens is 359 g/mol. The van der Waals surface area contributed by atoms with Crippen LogP contribution in [0.15, 0.2) is 6.07 Å². The third kappa shape index (κ3) is 3.05. The monoisotopic (exact) mass is 380 g/mol. The fourth-order valence-electron chi connectivity index (χ4n) is 4.42. The molecule has 4 nitrogen and oxygen atoms in total. The minimum Gasteiger partial charge on any atom is -0.387 e. The van der Waals surface area contributed by atoms with E-state index in [1.165, 1.54) is 31.2 Å². The molecule has 0 saturated heterocycles. The van der Waals surface area contributed by atoms with Gasteiger partial charge in [-0.2, -0.15) is 0 Å². The van der Waals surface area contributed by atoms with E-state index < -0.39 is 6.61 Å². The number of aliphatic hydroxyl groups excluding tert-OH is 1. The fourth-order valence-corrected chi connectivity index (χ4v) is 4.84. The zero-order valence-electron chi connectivity index (χ0n) is 14.1. The largest absolute Gasteiger partial charge is 0.387 e. The second-order valence-corrected chi connectivity index (χ2v) is 8.03. The van der Waals surface area contributed by atoms with E-state index in [2.05, 4.69) is 4.98 Å². The summed E-state index contributed by atoms with van der Waals surface area (Å²) in [6.07, 6.45) is 6.89. The number of fused-ring (bicyclic) bond motifs is 3. The quantitative estimate of drug-likeness (QED) is 0.842. The van der Waals surface area contributed by atoms with E-state index in [9.17, 15) is 9.90 Å². The van der Waals surface area contributed by atoms with Crippen molar-refractivity contribution in [3.8, 4) is 0 Å². The van der Waals surface area contributed by atoms with Crippen LogP contribution >= 0.6 is 23.2 Å². The van der Waals surface area contributed by atoms with Crippen LogP contribution in [0.1, 0.15) is 42.5 Å². The molecule has 1 aliphatic carbocycles. The van der Waals surface area contributed by atoms with Crippen LogP contribution < -0.4 is 0 Å². The fraction of sp³-hybridized carbons (Fsp3) is 0.526. The average molecular weight is 381 g/mol. The molecule has 2 N–H and O–H groups in total. The Kier molecular flexibility index (Phi) is 4.69. The van der Waals surface area contributed by atoms with Crippen LogP contribution in [-0.4, -0.2) is 34.0 Å². The number of aromatic nitrogens is 1. The number of hydrogen-bond donors (Lipinski definition) is 2. The summed E-state index contributed by atoms with van der Waals surface area (Å²) in [5, 5.41) is 11.5. The van der Waals surface area contributed by atoms with Crippen molar-refractivity contribution in [2.24, 2.45) is 5.92 Å². The number of carbonyl (C=O) groups is 1. The molecule has 1 fully saturated rings. The van der Waals surface area contributed by atoms with Crippen LogP contribution in [0.25, 0.3) is 10.9 Å². The summed E-state index contributed by atoms with van der Waals surface area (Å²) in [6.45, 7) is 0.687.